The van der Waals surface area contributed by atoms with Crippen LogP contribution in [-0.2, 0) is 10.1 Å². The molecule has 3 N–H and O–H groups in total. The molecule has 2 rings (SSSR count). The third-order valence-corrected chi connectivity index (χ3v) is 3.76. The van der Waals surface area contributed by atoms with Gasteiger partial charge in [-0.1, -0.05) is 48.0 Å². The van der Waals surface area contributed by atoms with Gasteiger partial charge in [0.25, 0.3) is 10.1 Å². The summed E-state index contributed by atoms with van der Waals surface area (Å²) in [5, 5.41) is 0. The van der Waals surface area contributed by atoms with Gasteiger partial charge in [-0.05, 0) is 30.2 Å². The molecular weight excluding hydrogens is 274 g/mol. The Morgan fingerprint density at radius 3 is 2.30 bits per heavy atom. The predicted molar refractivity (Wildman–Crippen MR) is 80.8 cm³/mol. The molecule has 0 saturated carbocycles. The van der Waals surface area contributed by atoms with Crippen molar-refractivity contribution in [3.8, 4) is 0 Å². The van der Waals surface area contributed by atoms with Crippen LogP contribution < -0.4 is 5.73 Å². The van der Waals surface area contributed by atoms with Crippen LogP contribution in [0.2, 0.25) is 0 Å². The summed E-state index contributed by atoms with van der Waals surface area (Å²) < 4.78 is 31.9. The van der Waals surface area contributed by atoms with E-state index in [4.69, 9.17) is 5.73 Å². The van der Waals surface area contributed by atoms with Crippen molar-refractivity contribution >= 4 is 28.0 Å². The molecule has 0 saturated heterocycles. The SMILES string of the molecule is Cc1ccc(/C=C/c2ccc(N)cc2S(=O)(=O)O)cc1. The second-order valence-corrected chi connectivity index (χ2v) is 5.91. The molecule has 0 aliphatic rings. The Kier molecular flexibility index (Phi) is 3.92. The first kappa shape index (κ1) is 14.3. The number of aryl methyl sites for hydroxylation is 1. The van der Waals surface area contributed by atoms with E-state index in [0.29, 0.717) is 5.56 Å². The molecule has 20 heavy (non-hydrogen) atoms. The Hall–Kier alpha value is -2.11. The molecule has 5 heteroatoms. The fraction of sp³-hybridized carbons (Fsp3) is 0.0667. The molecular formula is C15H15NO3S. The lowest BCUT2D eigenvalue weighted by Gasteiger charge is -2.04. The van der Waals surface area contributed by atoms with E-state index in [1.807, 2.05) is 31.2 Å². The first-order valence-corrected chi connectivity index (χ1v) is 7.42. The summed E-state index contributed by atoms with van der Waals surface area (Å²) in [6, 6.07) is 12.2. The van der Waals surface area contributed by atoms with E-state index < -0.39 is 10.1 Å². The number of hydrogen-bond acceptors (Lipinski definition) is 3. The second-order valence-electron chi connectivity index (χ2n) is 4.52. The molecule has 4 nitrogen and oxygen atoms in total. The highest BCUT2D eigenvalue weighted by atomic mass is 32.2. The average molecular weight is 289 g/mol. The minimum Gasteiger partial charge on any atom is -0.399 e. The van der Waals surface area contributed by atoms with Crippen LogP contribution in [0.5, 0.6) is 0 Å². The molecule has 0 radical (unpaired) electrons. The maximum absolute atomic E-state index is 11.3. The van der Waals surface area contributed by atoms with Crippen molar-refractivity contribution in [2.75, 3.05) is 5.73 Å². The standard InChI is InChI=1S/C15H15NO3S/c1-11-2-4-12(5-3-11)6-7-13-8-9-14(16)10-15(13)20(17,18)19/h2-10H,16H2,1H3,(H,17,18,19)/b7-6+. The van der Waals surface area contributed by atoms with Gasteiger partial charge < -0.3 is 5.73 Å². The highest BCUT2D eigenvalue weighted by Crippen LogP contribution is 2.21. The molecule has 104 valence electrons. The van der Waals surface area contributed by atoms with E-state index in [9.17, 15) is 13.0 Å². The number of hydrogen-bond donors (Lipinski definition) is 2. The van der Waals surface area contributed by atoms with Gasteiger partial charge in [-0.2, -0.15) is 8.42 Å². The molecule has 2 aromatic rings. The molecule has 0 unspecified atom stereocenters. The fourth-order valence-corrected chi connectivity index (χ4v) is 2.49. The van der Waals surface area contributed by atoms with Crippen LogP contribution in [0.25, 0.3) is 12.2 Å². The third-order valence-electron chi connectivity index (χ3n) is 2.85. The van der Waals surface area contributed by atoms with Crippen molar-refractivity contribution in [1.29, 1.82) is 0 Å². The van der Waals surface area contributed by atoms with Gasteiger partial charge in [-0.25, -0.2) is 0 Å². The summed E-state index contributed by atoms with van der Waals surface area (Å²) in [5.41, 5.74) is 8.31. The van der Waals surface area contributed by atoms with Gasteiger partial charge in [0.1, 0.15) is 4.90 Å². The van der Waals surface area contributed by atoms with Gasteiger partial charge in [0.15, 0.2) is 0 Å². The summed E-state index contributed by atoms with van der Waals surface area (Å²) >= 11 is 0. The summed E-state index contributed by atoms with van der Waals surface area (Å²) in [7, 11) is -4.30. The predicted octanol–water partition coefficient (Wildman–Crippen LogP) is 2.99. The minimum atomic E-state index is -4.30. The lowest BCUT2D eigenvalue weighted by molar-refractivity contribution is 0.483. The van der Waals surface area contributed by atoms with Gasteiger partial charge in [0, 0.05) is 5.69 Å². The van der Waals surface area contributed by atoms with Crippen molar-refractivity contribution in [1.82, 2.24) is 0 Å². The zero-order chi connectivity index (χ0) is 14.8. The van der Waals surface area contributed by atoms with Gasteiger partial charge in [-0.15, -0.1) is 0 Å². The fourth-order valence-electron chi connectivity index (χ4n) is 1.78. The van der Waals surface area contributed by atoms with Gasteiger partial charge >= 0.3 is 0 Å². The average Bonchev–Trinajstić information content (AvgIpc) is 2.38. The molecule has 0 aliphatic heterocycles. The van der Waals surface area contributed by atoms with Crippen LogP contribution in [0.4, 0.5) is 5.69 Å². The number of nitrogens with two attached hydrogens (primary N) is 1. The van der Waals surface area contributed by atoms with Crippen molar-refractivity contribution in [3.05, 3.63) is 59.2 Å². The normalized spacial score (nSPS) is 11.9. The summed E-state index contributed by atoms with van der Waals surface area (Å²) in [6.45, 7) is 1.99. The van der Waals surface area contributed by atoms with Crippen LogP contribution in [0.3, 0.4) is 0 Å². The van der Waals surface area contributed by atoms with Crippen LogP contribution in [0.1, 0.15) is 16.7 Å². The van der Waals surface area contributed by atoms with Crippen LogP contribution in [0.15, 0.2) is 47.4 Å². The molecule has 0 bridgehead atoms. The first-order valence-electron chi connectivity index (χ1n) is 5.98. The smallest absolute Gasteiger partial charge is 0.295 e. The number of nitrogen functional groups attached to an aromatic ring is 1. The second kappa shape index (κ2) is 5.48. The van der Waals surface area contributed by atoms with Gasteiger partial charge in [0.2, 0.25) is 0 Å². The first-order chi connectivity index (χ1) is 9.36. The van der Waals surface area contributed by atoms with Gasteiger partial charge in [0.05, 0.1) is 0 Å². The van der Waals surface area contributed by atoms with Gasteiger partial charge in [-0.3, -0.25) is 4.55 Å². The van der Waals surface area contributed by atoms with Crippen LogP contribution >= 0.6 is 0 Å². The van der Waals surface area contributed by atoms with E-state index in [-0.39, 0.29) is 10.6 Å². The number of anilines is 1. The van der Waals surface area contributed by atoms with E-state index in [0.717, 1.165) is 11.1 Å². The van der Waals surface area contributed by atoms with Crippen molar-refractivity contribution < 1.29 is 13.0 Å². The highest BCUT2D eigenvalue weighted by molar-refractivity contribution is 7.86. The number of benzene rings is 2. The maximum atomic E-state index is 11.3. The molecule has 0 heterocycles. The van der Waals surface area contributed by atoms with E-state index >= 15 is 0 Å². The summed E-state index contributed by atoms with van der Waals surface area (Å²) in [4.78, 5) is -0.194. The lowest BCUT2D eigenvalue weighted by atomic mass is 10.1. The zero-order valence-electron chi connectivity index (χ0n) is 10.9. The van der Waals surface area contributed by atoms with Crippen LogP contribution in [-0.4, -0.2) is 13.0 Å². The van der Waals surface area contributed by atoms with Crippen molar-refractivity contribution in [2.45, 2.75) is 11.8 Å². The van der Waals surface area contributed by atoms with E-state index in [2.05, 4.69) is 0 Å². The Labute approximate surface area is 118 Å². The van der Waals surface area contributed by atoms with Crippen molar-refractivity contribution in [3.63, 3.8) is 0 Å². The number of rotatable bonds is 3. The third kappa shape index (κ3) is 3.46. The van der Waals surface area contributed by atoms with Crippen LogP contribution in [0, 0.1) is 6.92 Å². The Balaban J connectivity index is 2.41. The highest BCUT2D eigenvalue weighted by Gasteiger charge is 2.14. The topological polar surface area (TPSA) is 80.4 Å². The largest absolute Gasteiger partial charge is 0.399 e. The minimum absolute atomic E-state index is 0.194. The molecule has 0 amide bonds. The molecule has 0 fully saturated rings. The molecule has 0 spiro atoms. The molecule has 0 atom stereocenters. The quantitative estimate of drug-likeness (QED) is 0.517. The molecule has 0 aromatic heterocycles. The summed E-state index contributed by atoms with van der Waals surface area (Å²) in [6.07, 6.45) is 3.41. The Morgan fingerprint density at radius 1 is 1.05 bits per heavy atom. The molecule has 0 aliphatic carbocycles. The Morgan fingerprint density at radius 2 is 1.70 bits per heavy atom. The lowest BCUT2D eigenvalue weighted by Crippen LogP contribution is -2.02. The monoisotopic (exact) mass is 289 g/mol. The molecule has 2 aromatic carbocycles. The zero-order valence-corrected chi connectivity index (χ0v) is 11.8. The van der Waals surface area contributed by atoms with Crippen molar-refractivity contribution in [2.24, 2.45) is 0 Å². The maximum Gasteiger partial charge on any atom is 0.295 e. The van der Waals surface area contributed by atoms with E-state index in [1.165, 1.54) is 6.07 Å². The summed E-state index contributed by atoms with van der Waals surface area (Å²) in [5.74, 6) is 0. The Bertz CT molecular complexity index is 747. The van der Waals surface area contributed by atoms with E-state index in [1.54, 1.807) is 24.3 Å².